The van der Waals surface area contributed by atoms with E-state index >= 15 is 0 Å². The molecule has 0 radical (unpaired) electrons. The molecule has 0 saturated heterocycles. The predicted molar refractivity (Wildman–Crippen MR) is 95.5 cm³/mol. The van der Waals surface area contributed by atoms with E-state index in [-0.39, 0.29) is 36.2 Å². The van der Waals surface area contributed by atoms with Gasteiger partial charge in [0.15, 0.2) is 18.2 Å². The fourth-order valence-electron chi connectivity index (χ4n) is 2.72. The van der Waals surface area contributed by atoms with Crippen LogP contribution in [0.1, 0.15) is 5.56 Å². The second-order valence-corrected chi connectivity index (χ2v) is 7.67. The lowest BCUT2D eigenvalue weighted by Crippen LogP contribution is -2.39. The summed E-state index contributed by atoms with van der Waals surface area (Å²) >= 11 is 0. The molecule has 2 aromatic rings. The lowest BCUT2D eigenvalue weighted by atomic mass is 10.2. The molecule has 1 heterocycles. The minimum absolute atomic E-state index is 0.0100. The van der Waals surface area contributed by atoms with Gasteiger partial charge in [0.05, 0.1) is 12.0 Å². The number of nitrogens with zero attached hydrogens (tertiary/aromatic N) is 1. The number of fused-ring (bicyclic) bond motifs is 1. The van der Waals surface area contributed by atoms with E-state index in [1.165, 1.54) is 24.1 Å². The molecule has 9 heteroatoms. The minimum Gasteiger partial charge on any atom is -0.494 e. The molecule has 3 rings (SSSR count). The highest BCUT2D eigenvalue weighted by Crippen LogP contribution is 2.23. The van der Waals surface area contributed by atoms with Gasteiger partial charge >= 0.3 is 0 Å². The molecule has 0 atom stereocenters. The molecule has 1 amide bonds. The number of rotatable bonds is 6. The van der Waals surface area contributed by atoms with E-state index in [1.54, 1.807) is 6.07 Å². The molecule has 0 bridgehead atoms. The lowest BCUT2D eigenvalue weighted by molar-refractivity contribution is -0.133. The number of sulfonamides is 1. The first-order chi connectivity index (χ1) is 12.9. The fraction of sp³-hybridized carbons (Fsp3) is 0.278. The SMILES string of the molecule is COc1ccc(S(=O)(=O)NCCN2Cc3ccccc3OCC2=O)cc1F. The Bertz CT molecular complexity index is 949. The summed E-state index contributed by atoms with van der Waals surface area (Å²) in [6.07, 6.45) is 0. The molecule has 1 aliphatic heterocycles. The number of halogens is 1. The molecule has 27 heavy (non-hydrogen) atoms. The van der Waals surface area contributed by atoms with Gasteiger partial charge in [-0.15, -0.1) is 0 Å². The van der Waals surface area contributed by atoms with E-state index in [0.29, 0.717) is 12.3 Å². The first-order valence-electron chi connectivity index (χ1n) is 8.22. The average Bonchev–Trinajstić information content (AvgIpc) is 2.81. The number of amides is 1. The van der Waals surface area contributed by atoms with Gasteiger partial charge in [-0.05, 0) is 24.3 Å². The summed E-state index contributed by atoms with van der Waals surface area (Å²) in [5, 5.41) is 0. The smallest absolute Gasteiger partial charge is 0.260 e. The van der Waals surface area contributed by atoms with Crippen LogP contribution in [0.25, 0.3) is 0 Å². The molecular weight excluding hydrogens is 375 g/mol. The third kappa shape index (κ3) is 4.37. The molecule has 0 saturated carbocycles. The first kappa shape index (κ1) is 19.1. The largest absolute Gasteiger partial charge is 0.494 e. The molecular formula is C18H19FN2O5S. The van der Waals surface area contributed by atoms with E-state index in [0.717, 1.165) is 11.6 Å². The van der Waals surface area contributed by atoms with Crippen LogP contribution in [0.15, 0.2) is 47.4 Å². The van der Waals surface area contributed by atoms with Gasteiger partial charge in [-0.3, -0.25) is 4.79 Å². The molecule has 0 spiro atoms. The first-order valence-corrected chi connectivity index (χ1v) is 9.71. The minimum atomic E-state index is -3.91. The summed E-state index contributed by atoms with van der Waals surface area (Å²) in [5.41, 5.74) is 0.850. The van der Waals surface area contributed by atoms with E-state index in [4.69, 9.17) is 9.47 Å². The summed E-state index contributed by atoms with van der Waals surface area (Å²) in [6, 6.07) is 10.7. The van der Waals surface area contributed by atoms with Crippen molar-refractivity contribution < 1.29 is 27.1 Å². The van der Waals surface area contributed by atoms with Gasteiger partial charge in [-0.1, -0.05) is 18.2 Å². The van der Waals surface area contributed by atoms with Crippen molar-refractivity contribution in [2.24, 2.45) is 0 Å². The number of carbonyl (C=O) groups excluding carboxylic acids is 1. The molecule has 7 nitrogen and oxygen atoms in total. The van der Waals surface area contributed by atoms with Crippen molar-refractivity contribution >= 4 is 15.9 Å². The van der Waals surface area contributed by atoms with Crippen LogP contribution in [0.5, 0.6) is 11.5 Å². The summed E-state index contributed by atoms with van der Waals surface area (Å²) in [4.78, 5) is 13.5. The topological polar surface area (TPSA) is 84.9 Å². The Kier molecular flexibility index (Phi) is 5.62. The Morgan fingerprint density at radius 1 is 1.26 bits per heavy atom. The number of carbonyl (C=O) groups is 1. The van der Waals surface area contributed by atoms with Gasteiger partial charge in [0.2, 0.25) is 10.0 Å². The second kappa shape index (κ2) is 7.93. The van der Waals surface area contributed by atoms with Gasteiger partial charge in [0.25, 0.3) is 5.91 Å². The molecule has 1 aliphatic rings. The van der Waals surface area contributed by atoms with Crippen molar-refractivity contribution in [2.45, 2.75) is 11.4 Å². The lowest BCUT2D eigenvalue weighted by Gasteiger charge is -2.20. The molecule has 2 aromatic carbocycles. The third-order valence-electron chi connectivity index (χ3n) is 4.15. The summed E-state index contributed by atoms with van der Waals surface area (Å²) in [6.45, 7) is 0.375. The number of methoxy groups -OCH3 is 1. The van der Waals surface area contributed by atoms with Crippen LogP contribution in [0.2, 0.25) is 0 Å². The Labute approximate surface area is 156 Å². The van der Waals surface area contributed by atoms with Crippen molar-refractivity contribution in [3.63, 3.8) is 0 Å². The van der Waals surface area contributed by atoms with Crippen LogP contribution in [0.4, 0.5) is 4.39 Å². The number of para-hydroxylation sites is 1. The molecule has 0 unspecified atom stereocenters. The Morgan fingerprint density at radius 3 is 2.78 bits per heavy atom. The second-order valence-electron chi connectivity index (χ2n) is 5.91. The normalized spacial score (nSPS) is 14.3. The van der Waals surface area contributed by atoms with Gasteiger partial charge in [0, 0.05) is 25.2 Å². The zero-order chi connectivity index (χ0) is 19.4. The maximum absolute atomic E-state index is 13.7. The zero-order valence-corrected chi connectivity index (χ0v) is 15.5. The Morgan fingerprint density at radius 2 is 2.04 bits per heavy atom. The number of hydrogen-bond acceptors (Lipinski definition) is 5. The molecule has 144 valence electrons. The predicted octanol–water partition coefficient (Wildman–Crippen LogP) is 1.53. The van der Waals surface area contributed by atoms with Crippen LogP contribution in [0, 0.1) is 5.82 Å². The van der Waals surface area contributed by atoms with Gasteiger partial charge < -0.3 is 14.4 Å². The van der Waals surface area contributed by atoms with Crippen molar-refractivity contribution in [1.82, 2.24) is 9.62 Å². The monoisotopic (exact) mass is 394 g/mol. The fourth-order valence-corrected chi connectivity index (χ4v) is 3.75. The van der Waals surface area contributed by atoms with Crippen molar-refractivity contribution in [3.8, 4) is 11.5 Å². The summed E-state index contributed by atoms with van der Waals surface area (Å²) in [7, 11) is -2.61. The van der Waals surface area contributed by atoms with E-state index in [9.17, 15) is 17.6 Å². The Balaban J connectivity index is 1.64. The number of hydrogen-bond donors (Lipinski definition) is 1. The van der Waals surface area contributed by atoms with Crippen LogP contribution in [-0.4, -0.2) is 46.0 Å². The molecule has 0 fully saturated rings. The van der Waals surface area contributed by atoms with Crippen molar-refractivity contribution in [3.05, 3.63) is 53.8 Å². The number of nitrogens with one attached hydrogen (secondary N) is 1. The van der Waals surface area contributed by atoms with Crippen LogP contribution in [-0.2, 0) is 21.4 Å². The molecule has 0 aromatic heterocycles. The van der Waals surface area contributed by atoms with Gasteiger partial charge in [-0.25, -0.2) is 17.5 Å². The van der Waals surface area contributed by atoms with Gasteiger partial charge in [-0.2, -0.15) is 0 Å². The van der Waals surface area contributed by atoms with E-state index in [1.807, 2.05) is 18.2 Å². The highest BCUT2D eigenvalue weighted by atomic mass is 32.2. The van der Waals surface area contributed by atoms with Crippen molar-refractivity contribution in [2.75, 3.05) is 26.8 Å². The van der Waals surface area contributed by atoms with E-state index in [2.05, 4.69) is 4.72 Å². The highest BCUT2D eigenvalue weighted by molar-refractivity contribution is 7.89. The standard InChI is InChI=1S/C18H19FN2O5S/c1-25-17-7-6-14(10-15(17)19)27(23,24)20-8-9-21-11-13-4-2-3-5-16(13)26-12-18(21)22/h2-7,10,20H,8-9,11-12H2,1H3. The highest BCUT2D eigenvalue weighted by Gasteiger charge is 2.22. The molecule has 0 aliphatic carbocycles. The quantitative estimate of drug-likeness (QED) is 0.803. The summed E-state index contributed by atoms with van der Waals surface area (Å²) < 4.78 is 51.0. The van der Waals surface area contributed by atoms with Crippen LogP contribution >= 0.6 is 0 Å². The molecule has 1 N–H and O–H groups in total. The zero-order valence-electron chi connectivity index (χ0n) is 14.6. The Hall–Kier alpha value is -2.65. The van der Waals surface area contributed by atoms with E-state index < -0.39 is 15.8 Å². The third-order valence-corrected chi connectivity index (χ3v) is 5.60. The maximum Gasteiger partial charge on any atom is 0.260 e. The number of ether oxygens (including phenoxy) is 2. The van der Waals surface area contributed by atoms with Crippen molar-refractivity contribution in [1.29, 1.82) is 0 Å². The van der Waals surface area contributed by atoms with Crippen LogP contribution < -0.4 is 14.2 Å². The summed E-state index contributed by atoms with van der Waals surface area (Å²) in [5.74, 6) is -0.400. The average molecular weight is 394 g/mol. The van der Waals surface area contributed by atoms with Crippen LogP contribution in [0.3, 0.4) is 0 Å². The number of benzene rings is 2. The maximum atomic E-state index is 13.7. The van der Waals surface area contributed by atoms with Gasteiger partial charge in [0.1, 0.15) is 5.75 Å².